The van der Waals surface area contributed by atoms with E-state index in [4.69, 9.17) is 10.2 Å². The van der Waals surface area contributed by atoms with Gasteiger partial charge in [-0.2, -0.15) is 0 Å². The van der Waals surface area contributed by atoms with E-state index >= 15 is 0 Å². The Balaban J connectivity index is 0.00000208. The Bertz CT molecular complexity index is 941. The van der Waals surface area contributed by atoms with E-state index in [-0.39, 0.29) is 23.6 Å². The van der Waals surface area contributed by atoms with Crippen molar-refractivity contribution >= 4 is 23.4 Å². The van der Waals surface area contributed by atoms with Crippen LogP contribution in [0.1, 0.15) is 25.2 Å². The number of rotatable bonds is 2. The minimum atomic E-state index is -0.833. The molecule has 0 saturated heterocycles. The second-order valence-corrected chi connectivity index (χ2v) is 6.29. The number of hydrogen-bond donors (Lipinski definition) is 2. The molecule has 24 heavy (non-hydrogen) atoms. The third kappa shape index (κ3) is 2.90. The lowest BCUT2D eigenvalue weighted by atomic mass is 9.91. The highest BCUT2D eigenvalue weighted by Crippen LogP contribution is 2.35. The van der Waals surface area contributed by atoms with E-state index in [1.807, 2.05) is 30.3 Å². The molecule has 0 saturated carbocycles. The summed E-state index contributed by atoms with van der Waals surface area (Å²) in [6.45, 7) is 5.28. The van der Waals surface area contributed by atoms with Crippen molar-refractivity contribution in [2.45, 2.75) is 26.3 Å². The van der Waals surface area contributed by atoms with Gasteiger partial charge in [0.15, 0.2) is 0 Å². The maximum Gasteiger partial charge on any atom is 0.200 e. The van der Waals surface area contributed by atoms with Crippen molar-refractivity contribution < 1.29 is 9.52 Å². The molecule has 0 aliphatic carbocycles. The van der Waals surface area contributed by atoms with Gasteiger partial charge in [0, 0.05) is 5.54 Å². The van der Waals surface area contributed by atoms with Crippen LogP contribution in [-0.4, -0.2) is 5.11 Å². The van der Waals surface area contributed by atoms with Crippen LogP contribution in [0.15, 0.2) is 51.7 Å². The van der Waals surface area contributed by atoms with Crippen molar-refractivity contribution in [2.24, 2.45) is 5.73 Å². The van der Waals surface area contributed by atoms with Gasteiger partial charge in [0.25, 0.3) is 0 Å². The second kappa shape index (κ2) is 6.30. The first-order valence-electron chi connectivity index (χ1n) is 7.45. The maximum atomic E-state index is 13.0. The third-order valence-corrected chi connectivity index (χ3v) is 3.92. The lowest BCUT2D eigenvalue weighted by Gasteiger charge is -2.22. The molecule has 5 heteroatoms. The Morgan fingerprint density at radius 2 is 1.71 bits per heavy atom. The van der Waals surface area contributed by atoms with Crippen molar-refractivity contribution in [3.8, 4) is 16.9 Å². The molecule has 0 bridgehead atoms. The number of nitrogens with two attached hydrogens (primary N) is 1. The maximum absolute atomic E-state index is 13.0. The molecule has 0 amide bonds. The lowest BCUT2D eigenvalue weighted by Crippen LogP contribution is -2.29. The molecule has 1 aromatic heterocycles. The molecule has 0 aliphatic heterocycles. The fourth-order valence-corrected chi connectivity index (χ4v) is 2.92. The van der Waals surface area contributed by atoms with Crippen molar-refractivity contribution in [1.82, 2.24) is 0 Å². The van der Waals surface area contributed by atoms with Gasteiger partial charge in [-0.25, -0.2) is 0 Å². The Hall–Kier alpha value is -2.30. The first kappa shape index (κ1) is 18.0. The van der Waals surface area contributed by atoms with E-state index in [2.05, 4.69) is 0 Å². The van der Waals surface area contributed by atoms with Gasteiger partial charge in [0.2, 0.25) is 5.43 Å². The molecule has 1 heterocycles. The summed E-state index contributed by atoms with van der Waals surface area (Å²) < 4.78 is 5.93. The summed E-state index contributed by atoms with van der Waals surface area (Å²) in [6.07, 6.45) is 0. The van der Waals surface area contributed by atoms with E-state index in [1.54, 1.807) is 26.8 Å². The van der Waals surface area contributed by atoms with Crippen molar-refractivity contribution in [3.63, 3.8) is 0 Å². The fourth-order valence-electron chi connectivity index (χ4n) is 2.92. The average molecular weight is 346 g/mol. The highest BCUT2D eigenvalue weighted by atomic mass is 35.5. The lowest BCUT2D eigenvalue weighted by molar-refractivity contribution is 0.435. The minimum absolute atomic E-state index is 0. The molecular formula is C19H20ClNO3. The smallest absolute Gasteiger partial charge is 0.200 e. The van der Waals surface area contributed by atoms with Crippen LogP contribution >= 0.6 is 12.4 Å². The van der Waals surface area contributed by atoms with Crippen LogP contribution in [0.5, 0.6) is 5.75 Å². The Labute approximate surface area is 146 Å². The number of aryl methyl sites for hydroxylation is 1. The van der Waals surface area contributed by atoms with Crippen LogP contribution in [0.4, 0.5) is 0 Å². The SMILES string of the molecule is Cc1oc2c(C(C)(C)N)c(O)ccc2c(=O)c1-c1ccccc1.Cl. The first-order valence-corrected chi connectivity index (χ1v) is 7.45. The van der Waals surface area contributed by atoms with Gasteiger partial charge in [0.1, 0.15) is 17.1 Å². The molecule has 3 N–H and O–H groups in total. The molecule has 126 valence electrons. The number of phenols is 1. The minimum Gasteiger partial charge on any atom is -0.507 e. The van der Waals surface area contributed by atoms with Gasteiger partial charge in [-0.15, -0.1) is 12.4 Å². The van der Waals surface area contributed by atoms with E-state index < -0.39 is 5.54 Å². The molecule has 3 aromatic rings. The van der Waals surface area contributed by atoms with E-state index in [0.717, 1.165) is 5.56 Å². The Morgan fingerprint density at radius 1 is 1.08 bits per heavy atom. The quantitative estimate of drug-likeness (QED) is 0.733. The number of fused-ring (bicyclic) bond motifs is 1. The fraction of sp³-hybridized carbons (Fsp3) is 0.211. The Kier molecular flexibility index (Phi) is 4.74. The standard InChI is InChI=1S/C19H19NO3.ClH/c1-11-15(12-7-5-4-6-8-12)17(22)13-9-10-14(21)16(18(13)23-11)19(2,3)20;/h4-10,21H,20H2,1-3H3;1H. The predicted molar refractivity (Wildman–Crippen MR) is 98.8 cm³/mol. The molecule has 0 atom stereocenters. The van der Waals surface area contributed by atoms with Gasteiger partial charge in [0.05, 0.1) is 16.5 Å². The zero-order chi connectivity index (χ0) is 16.8. The van der Waals surface area contributed by atoms with Gasteiger partial charge in [-0.3, -0.25) is 4.79 Å². The zero-order valence-electron chi connectivity index (χ0n) is 13.8. The summed E-state index contributed by atoms with van der Waals surface area (Å²) in [5.74, 6) is 0.532. The summed E-state index contributed by atoms with van der Waals surface area (Å²) >= 11 is 0. The summed E-state index contributed by atoms with van der Waals surface area (Å²) in [6, 6.07) is 12.5. The van der Waals surface area contributed by atoms with Crippen LogP contribution < -0.4 is 11.2 Å². The van der Waals surface area contributed by atoms with Crippen molar-refractivity contribution in [1.29, 1.82) is 0 Å². The summed E-state index contributed by atoms with van der Waals surface area (Å²) in [7, 11) is 0. The van der Waals surface area contributed by atoms with Crippen LogP contribution in [0.2, 0.25) is 0 Å². The number of phenolic OH excluding ortho intramolecular Hbond substituents is 1. The largest absolute Gasteiger partial charge is 0.507 e. The second-order valence-electron chi connectivity index (χ2n) is 6.29. The summed E-state index contributed by atoms with van der Waals surface area (Å²) in [5.41, 5.74) is 7.32. The highest BCUT2D eigenvalue weighted by molar-refractivity contribution is 5.87. The van der Waals surface area contributed by atoms with Gasteiger partial charge in [-0.05, 0) is 38.5 Å². The molecule has 0 fully saturated rings. The number of hydrogen-bond acceptors (Lipinski definition) is 4. The number of benzene rings is 2. The van der Waals surface area contributed by atoms with Crippen LogP contribution in [0, 0.1) is 6.92 Å². The first-order chi connectivity index (χ1) is 10.8. The molecule has 3 rings (SSSR count). The molecule has 2 aromatic carbocycles. The molecular weight excluding hydrogens is 326 g/mol. The Morgan fingerprint density at radius 3 is 2.29 bits per heavy atom. The molecule has 0 aliphatic rings. The molecule has 0 unspecified atom stereocenters. The van der Waals surface area contributed by atoms with E-state index in [1.165, 1.54) is 6.07 Å². The predicted octanol–water partition coefficient (Wildman–Crippen LogP) is 4.09. The highest BCUT2D eigenvalue weighted by Gasteiger charge is 2.25. The van der Waals surface area contributed by atoms with Crippen LogP contribution in [-0.2, 0) is 5.54 Å². The molecule has 0 spiro atoms. The van der Waals surface area contributed by atoms with Crippen molar-refractivity contribution in [2.75, 3.05) is 0 Å². The normalized spacial score (nSPS) is 11.3. The monoisotopic (exact) mass is 345 g/mol. The van der Waals surface area contributed by atoms with Crippen molar-refractivity contribution in [3.05, 3.63) is 64.0 Å². The number of aromatic hydroxyl groups is 1. The van der Waals surface area contributed by atoms with E-state index in [9.17, 15) is 9.90 Å². The topological polar surface area (TPSA) is 76.5 Å². The van der Waals surface area contributed by atoms with Gasteiger partial charge in [-0.1, -0.05) is 30.3 Å². The summed E-state index contributed by atoms with van der Waals surface area (Å²) in [4.78, 5) is 13.0. The van der Waals surface area contributed by atoms with Crippen LogP contribution in [0.3, 0.4) is 0 Å². The van der Waals surface area contributed by atoms with Crippen LogP contribution in [0.25, 0.3) is 22.1 Å². The molecule has 4 nitrogen and oxygen atoms in total. The van der Waals surface area contributed by atoms with Gasteiger partial charge >= 0.3 is 0 Å². The number of halogens is 1. The van der Waals surface area contributed by atoms with Gasteiger partial charge < -0.3 is 15.3 Å². The van der Waals surface area contributed by atoms with E-state index in [0.29, 0.717) is 27.9 Å². The average Bonchev–Trinajstić information content (AvgIpc) is 2.46. The summed E-state index contributed by atoms with van der Waals surface area (Å²) in [5, 5.41) is 10.6. The molecule has 0 radical (unpaired) electrons. The zero-order valence-corrected chi connectivity index (χ0v) is 14.6. The third-order valence-electron chi connectivity index (χ3n) is 3.92.